The fourth-order valence-corrected chi connectivity index (χ4v) is 5.56. The maximum Gasteiger partial charge on any atom is 0.246 e. The Morgan fingerprint density at radius 2 is 1.77 bits per heavy atom. The topological polar surface area (TPSA) is 97.4 Å². The number of sulfonamides is 1. The Balaban J connectivity index is 1.40. The molecule has 30 heavy (non-hydrogen) atoms. The van der Waals surface area contributed by atoms with Gasteiger partial charge in [0.15, 0.2) is 0 Å². The van der Waals surface area contributed by atoms with E-state index in [1.165, 1.54) is 4.31 Å². The van der Waals surface area contributed by atoms with Crippen LogP contribution in [0.15, 0.2) is 33.7 Å². The Labute approximate surface area is 180 Å². The lowest BCUT2D eigenvalue weighted by Gasteiger charge is -2.33. The number of rotatable bonds is 5. The van der Waals surface area contributed by atoms with Crippen LogP contribution in [0.1, 0.15) is 17.3 Å². The SMILES string of the molecule is Cc1nn(C)c(C)c1S(=O)(=O)N1CCN(Cc2nc(-c3ccc(Cl)cc3)no2)CC1. The second kappa shape index (κ2) is 8.10. The van der Waals surface area contributed by atoms with E-state index in [-0.39, 0.29) is 0 Å². The lowest BCUT2D eigenvalue weighted by Crippen LogP contribution is -2.48. The molecular weight excluding hydrogens is 428 g/mol. The number of aryl methyl sites for hydroxylation is 2. The summed E-state index contributed by atoms with van der Waals surface area (Å²) < 4.78 is 34.7. The van der Waals surface area contributed by atoms with E-state index in [2.05, 4.69) is 20.1 Å². The van der Waals surface area contributed by atoms with Crippen LogP contribution in [0.3, 0.4) is 0 Å². The van der Waals surface area contributed by atoms with Crippen molar-refractivity contribution in [2.75, 3.05) is 26.2 Å². The molecule has 3 aromatic rings. The second-order valence-electron chi connectivity index (χ2n) is 7.32. The number of halogens is 1. The van der Waals surface area contributed by atoms with Crippen molar-refractivity contribution in [3.63, 3.8) is 0 Å². The molecule has 0 amide bonds. The van der Waals surface area contributed by atoms with Crippen LogP contribution in [0.4, 0.5) is 0 Å². The van der Waals surface area contributed by atoms with Crippen molar-refractivity contribution in [3.05, 3.63) is 46.6 Å². The Hall–Kier alpha value is -2.27. The summed E-state index contributed by atoms with van der Waals surface area (Å²) in [5.74, 6) is 1.00. The maximum absolute atomic E-state index is 13.1. The number of benzene rings is 1. The highest BCUT2D eigenvalue weighted by molar-refractivity contribution is 7.89. The van der Waals surface area contributed by atoms with Crippen molar-refractivity contribution in [3.8, 4) is 11.4 Å². The quantitative estimate of drug-likeness (QED) is 0.588. The van der Waals surface area contributed by atoms with E-state index in [1.807, 2.05) is 12.1 Å². The van der Waals surface area contributed by atoms with Gasteiger partial charge in [-0.2, -0.15) is 14.4 Å². The van der Waals surface area contributed by atoms with Gasteiger partial charge in [0.2, 0.25) is 21.7 Å². The first-order valence-corrected chi connectivity index (χ1v) is 11.4. The van der Waals surface area contributed by atoms with Crippen LogP contribution >= 0.6 is 11.6 Å². The average molecular weight is 451 g/mol. The first kappa shape index (κ1) is 21.0. The van der Waals surface area contributed by atoms with Crippen molar-refractivity contribution in [1.82, 2.24) is 29.1 Å². The number of hydrogen-bond acceptors (Lipinski definition) is 7. The molecule has 1 aliphatic heterocycles. The molecule has 0 bridgehead atoms. The van der Waals surface area contributed by atoms with Crippen molar-refractivity contribution in [2.24, 2.45) is 7.05 Å². The van der Waals surface area contributed by atoms with E-state index in [0.29, 0.717) is 65.7 Å². The van der Waals surface area contributed by atoms with E-state index in [1.54, 1.807) is 37.7 Å². The average Bonchev–Trinajstić information content (AvgIpc) is 3.27. The monoisotopic (exact) mass is 450 g/mol. The van der Waals surface area contributed by atoms with Crippen LogP contribution in [0.5, 0.6) is 0 Å². The van der Waals surface area contributed by atoms with E-state index >= 15 is 0 Å². The zero-order valence-corrected chi connectivity index (χ0v) is 18.6. The minimum Gasteiger partial charge on any atom is -0.338 e. The Morgan fingerprint density at radius 3 is 2.37 bits per heavy atom. The molecule has 0 spiro atoms. The van der Waals surface area contributed by atoms with Gasteiger partial charge >= 0.3 is 0 Å². The molecule has 0 unspecified atom stereocenters. The third kappa shape index (κ3) is 4.00. The first-order chi connectivity index (χ1) is 14.3. The summed E-state index contributed by atoms with van der Waals surface area (Å²) in [5.41, 5.74) is 2.00. The summed E-state index contributed by atoms with van der Waals surface area (Å²) in [4.78, 5) is 6.85. The van der Waals surface area contributed by atoms with E-state index in [9.17, 15) is 8.42 Å². The van der Waals surface area contributed by atoms with Gasteiger partial charge in [-0.05, 0) is 38.1 Å². The van der Waals surface area contributed by atoms with Crippen LogP contribution < -0.4 is 0 Å². The summed E-state index contributed by atoms with van der Waals surface area (Å²) in [6.45, 7) is 5.93. The Bertz CT molecular complexity index is 1150. The number of nitrogens with zero attached hydrogens (tertiary/aromatic N) is 6. The molecule has 2 aromatic heterocycles. The van der Waals surface area contributed by atoms with E-state index in [4.69, 9.17) is 16.1 Å². The van der Waals surface area contributed by atoms with Gasteiger partial charge in [0.25, 0.3) is 0 Å². The van der Waals surface area contributed by atoms with Crippen LogP contribution in [0.2, 0.25) is 5.02 Å². The third-order valence-electron chi connectivity index (χ3n) is 5.30. The zero-order valence-electron chi connectivity index (χ0n) is 17.0. The van der Waals surface area contributed by atoms with Gasteiger partial charge in [-0.3, -0.25) is 9.58 Å². The fourth-order valence-electron chi connectivity index (χ4n) is 3.61. The molecule has 0 radical (unpaired) electrons. The highest BCUT2D eigenvalue weighted by atomic mass is 35.5. The van der Waals surface area contributed by atoms with Crippen LogP contribution in [0.25, 0.3) is 11.4 Å². The molecule has 0 saturated carbocycles. The number of hydrogen-bond donors (Lipinski definition) is 0. The predicted octanol–water partition coefficient (Wildman–Crippen LogP) is 2.25. The lowest BCUT2D eigenvalue weighted by atomic mass is 10.2. The largest absolute Gasteiger partial charge is 0.338 e. The highest BCUT2D eigenvalue weighted by Gasteiger charge is 2.33. The summed E-state index contributed by atoms with van der Waals surface area (Å²) in [6.07, 6.45) is 0. The third-order valence-corrected chi connectivity index (χ3v) is 7.70. The molecular formula is C19H23ClN6O3S. The van der Waals surface area contributed by atoms with Gasteiger partial charge in [0.1, 0.15) is 4.90 Å². The van der Waals surface area contributed by atoms with Crippen LogP contribution in [-0.2, 0) is 23.6 Å². The molecule has 0 aliphatic carbocycles. The molecule has 1 aliphatic rings. The standard InChI is InChI=1S/C19H23ClN6O3S/c1-13-18(14(2)24(3)22-13)30(27,28)26-10-8-25(9-11-26)12-17-21-19(23-29-17)15-4-6-16(20)7-5-15/h4-7H,8-12H2,1-3H3. The van der Waals surface area contributed by atoms with Crippen molar-refractivity contribution in [2.45, 2.75) is 25.3 Å². The first-order valence-electron chi connectivity index (χ1n) is 9.57. The van der Waals surface area contributed by atoms with E-state index in [0.717, 1.165) is 5.56 Å². The summed E-state index contributed by atoms with van der Waals surface area (Å²) >= 11 is 5.91. The fraction of sp³-hybridized carbons (Fsp3) is 0.421. The molecule has 3 heterocycles. The molecule has 11 heteroatoms. The van der Waals surface area contributed by atoms with Gasteiger partial charge in [0, 0.05) is 43.8 Å². The lowest BCUT2D eigenvalue weighted by molar-refractivity contribution is 0.163. The molecule has 0 N–H and O–H groups in total. The molecule has 9 nitrogen and oxygen atoms in total. The number of aromatic nitrogens is 4. The minimum atomic E-state index is -3.57. The van der Waals surface area contributed by atoms with Gasteiger partial charge in [-0.15, -0.1) is 0 Å². The molecule has 1 fully saturated rings. The zero-order chi connectivity index (χ0) is 21.5. The predicted molar refractivity (Wildman–Crippen MR) is 111 cm³/mol. The number of piperazine rings is 1. The van der Waals surface area contributed by atoms with Gasteiger partial charge in [0.05, 0.1) is 17.9 Å². The van der Waals surface area contributed by atoms with Crippen molar-refractivity contribution in [1.29, 1.82) is 0 Å². The molecule has 4 rings (SSSR count). The van der Waals surface area contributed by atoms with E-state index < -0.39 is 10.0 Å². The Kier molecular flexibility index (Phi) is 5.67. The molecule has 0 atom stereocenters. The van der Waals surface area contributed by atoms with Crippen molar-refractivity contribution < 1.29 is 12.9 Å². The molecule has 160 valence electrons. The normalized spacial score (nSPS) is 16.3. The van der Waals surface area contributed by atoms with Crippen LogP contribution in [0, 0.1) is 13.8 Å². The van der Waals surface area contributed by atoms with Crippen molar-refractivity contribution >= 4 is 21.6 Å². The Morgan fingerprint density at radius 1 is 1.10 bits per heavy atom. The molecule has 1 aromatic carbocycles. The minimum absolute atomic E-state index is 0.308. The van der Waals surface area contributed by atoms with Gasteiger partial charge < -0.3 is 4.52 Å². The summed E-state index contributed by atoms with van der Waals surface area (Å²) in [6, 6.07) is 7.22. The van der Waals surface area contributed by atoms with Crippen LogP contribution in [-0.4, -0.2) is 63.7 Å². The maximum atomic E-state index is 13.1. The summed E-state index contributed by atoms with van der Waals surface area (Å²) in [5, 5.41) is 8.91. The second-order valence-corrected chi connectivity index (χ2v) is 9.63. The van der Waals surface area contributed by atoms with Gasteiger partial charge in [-0.25, -0.2) is 8.42 Å². The highest BCUT2D eigenvalue weighted by Crippen LogP contribution is 2.24. The van der Waals surface area contributed by atoms with Gasteiger partial charge in [-0.1, -0.05) is 16.8 Å². The summed E-state index contributed by atoms with van der Waals surface area (Å²) in [7, 11) is -1.82. The molecule has 1 saturated heterocycles. The smallest absolute Gasteiger partial charge is 0.246 e.